The largest absolute Gasteiger partial charge is 0.492 e. The lowest BCUT2D eigenvalue weighted by Gasteiger charge is -2.11. The fourth-order valence-corrected chi connectivity index (χ4v) is 2.01. The van der Waals surface area contributed by atoms with E-state index in [1.807, 2.05) is 6.92 Å². The van der Waals surface area contributed by atoms with E-state index in [9.17, 15) is 14.4 Å². The van der Waals surface area contributed by atoms with Gasteiger partial charge in [-0.3, -0.25) is 9.59 Å². The molecule has 0 aromatic heterocycles. The molecule has 0 fully saturated rings. The second-order valence-electron chi connectivity index (χ2n) is 5.11. The highest BCUT2D eigenvalue weighted by Gasteiger charge is 2.11. The summed E-state index contributed by atoms with van der Waals surface area (Å²) in [4.78, 5) is 34.1. The number of aldehydes is 1. The molecule has 2 aromatic carbocycles. The number of rotatable bonds is 9. The highest BCUT2D eigenvalue weighted by molar-refractivity contribution is 5.94. The standard InChI is InChI=1S/C19H19NO6/c1-2-24-17-6-4-3-5-16(17)20-18(22)12-26-19(23)13-25-15-9-7-14(11-21)8-10-15/h3-11H,2,12-13H2,1H3,(H,20,22). The number of esters is 1. The molecule has 0 saturated carbocycles. The second-order valence-corrected chi connectivity index (χ2v) is 5.11. The molecule has 0 aliphatic carbocycles. The summed E-state index contributed by atoms with van der Waals surface area (Å²) in [6.07, 6.45) is 0.709. The SMILES string of the molecule is CCOc1ccccc1NC(=O)COC(=O)COc1ccc(C=O)cc1. The molecule has 0 unspecified atom stereocenters. The van der Waals surface area contributed by atoms with Crippen LogP contribution >= 0.6 is 0 Å². The molecule has 7 nitrogen and oxygen atoms in total. The highest BCUT2D eigenvalue weighted by atomic mass is 16.6. The van der Waals surface area contributed by atoms with Gasteiger partial charge in [0, 0.05) is 5.56 Å². The smallest absolute Gasteiger partial charge is 0.344 e. The van der Waals surface area contributed by atoms with Gasteiger partial charge >= 0.3 is 5.97 Å². The van der Waals surface area contributed by atoms with Gasteiger partial charge in [-0.25, -0.2) is 4.79 Å². The zero-order chi connectivity index (χ0) is 18.8. The zero-order valence-electron chi connectivity index (χ0n) is 14.3. The van der Waals surface area contributed by atoms with E-state index in [1.165, 1.54) is 0 Å². The maximum Gasteiger partial charge on any atom is 0.344 e. The third-order valence-corrected chi connectivity index (χ3v) is 3.20. The van der Waals surface area contributed by atoms with Crippen LogP contribution in [0.2, 0.25) is 0 Å². The highest BCUT2D eigenvalue weighted by Crippen LogP contribution is 2.23. The zero-order valence-corrected chi connectivity index (χ0v) is 14.3. The molecule has 26 heavy (non-hydrogen) atoms. The number of para-hydroxylation sites is 2. The van der Waals surface area contributed by atoms with Gasteiger partial charge in [0.2, 0.25) is 0 Å². The van der Waals surface area contributed by atoms with Crippen LogP contribution in [0.4, 0.5) is 5.69 Å². The molecule has 7 heteroatoms. The van der Waals surface area contributed by atoms with Crippen LogP contribution in [-0.2, 0) is 14.3 Å². The van der Waals surface area contributed by atoms with E-state index in [1.54, 1.807) is 48.5 Å². The molecule has 0 bridgehead atoms. The molecule has 0 heterocycles. The summed E-state index contributed by atoms with van der Waals surface area (Å²) in [7, 11) is 0. The first-order valence-electron chi connectivity index (χ1n) is 7.97. The number of hydrogen-bond acceptors (Lipinski definition) is 6. The van der Waals surface area contributed by atoms with Crippen LogP contribution in [0.25, 0.3) is 0 Å². The Labute approximate surface area is 150 Å². The van der Waals surface area contributed by atoms with Crippen molar-refractivity contribution < 1.29 is 28.6 Å². The number of carbonyl (C=O) groups is 3. The molecule has 0 atom stereocenters. The fourth-order valence-electron chi connectivity index (χ4n) is 2.01. The van der Waals surface area contributed by atoms with Gasteiger partial charge in [-0.15, -0.1) is 0 Å². The van der Waals surface area contributed by atoms with Crippen molar-refractivity contribution in [2.24, 2.45) is 0 Å². The minimum atomic E-state index is -0.683. The minimum absolute atomic E-state index is 0.344. The van der Waals surface area contributed by atoms with Crippen molar-refractivity contribution in [1.29, 1.82) is 0 Å². The van der Waals surface area contributed by atoms with Crippen LogP contribution < -0.4 is 14.8 Å². The van der Waals surface area contributed by atoms with Crippen molar-refractivity contribution in [1.82, 2.24) is 0 Å². The Kier molecular flexibility index (Phi) is 7.17. The van der Waals surface area contributed by atoms with E-state index in [2.05, 4.69) is 5.32 Å². The quantitative estimate of drug-likeness (QED) is 0.548. The summed E-state index contributed by atoms with van der Waals surface area (Å²) in [6, 6.07) is 13.2. The lowest BCUT2D eigenvalue weighted by molar-refractivity contribution is -0.149. The summed E-state index contributed by atoms with van der Waals surface area (Å²) in [5.41, 5.74) is 1.01. The van der Waals surface area contributed by atoms with Gasteiger partial charge in [0.05, 0.1) is 12.3 Å². The number of nitrogens with one attached hydrogen (secondary N) is 1. The van der Waals surface area contributed by atoms with Crippen LogP contribution in [0.15, 0.2) is 48.5 Å². The van der Waals surface area contributed by atoms with Gasteiger partial charge in [-0.2, -0.15) is 0 Å². The van der Waals surface area contributed by atoms with E-state index >= 15 is 0 Å². The first-order chi connectivity index (χ1) is 12.6. The van der Waals surface area contributed by atoms with E-state index in [0.717, 1.165) is 0 Å². The Morgan fingerprint density at radius 2 is 1.73 bits per heavy atom. The maximum atomic E-state index is 11.9. The van der Waals surface area contributed by atoms with Crippen molar-refractivity contribution in [2.75, 3.05) is 25.1 Å². The number of hydrogen-bond donors (Lipinski definition) is 1. The summed E-state index contributed by atoms with van der Waals surface area (Å²) in [6.45, 7) is 1.52. The summed E-state index contributed by atoms with van der Waals surface area (Å²) in [5.74, 6) is -0.210. The first-order valence-corrected chi connectivity index (χ1v) is 7.97. The van der Waals surface area contributed by atoms with Crippen molar-refractivity contribution >= 4 is 23.9 Å². The van der Waals surface area contributed by atoms with Crippen LogP contribution in [-0.4, -0.2) is 38.0 Å². The maximum absolute atomic E-state index is 11.9. The molecule has 0 radical (unpaired) electrons. The summed E-state index contributed by atoms with van der Waals surface area (Å²) >= 11 is 0. The molecule has 0 saturated heterocycles. The average Bonchev–Trinajstić information content (AvgIpc) is 2.67. The Morgan fingerprint density at radius 3 is 2.42 bits per heavy atom. The minimum Gasteiger partial charge on any atom is -0.492 e. The molecule has 2 aromatic rings. The molecule has 0 aliphatic heterocycles. The lowest BCUT2D eigenvalue weighted by atomic mass is 10.2. The predicted octanol–water partition coefficient (Wildman–Crippen LogP) is 2.46. The van der Waals surface area contributed by atoms with Crippen LogP contribution in [0.5, 0.6) is 11.5 Å². The number of carbonyl (C=O) groups excluding carboxylic acids is 3. The van der Waals surface area contributed by atoms with Gasteiger partial charge in [-0.05, 0) is 43.3 Å². The molecule has 136 valence electrons. The third-order valence-electron chi connectivity index (χ3n) is 3.20. The topological polar surface area (TPSA) is 90.9 Å². The van der Waals surface area contributed by atoms with Gasteiger partial charge in [0.15, 0.2) is 13.2 Å². The van der Waals surface area contributed by atoms with Crippen molar-refractivity contribution in [3.05, 3.63) is 54.1 Å². The van der Waals surface area contributed by atoms with Gasteiger partial charge in [0.1, 0.15) is 17.8 Å². The van der Waals surface area contributed by atoms with Gasteiger partial charge < -0.3 is 19.5 Å². The van der Waals surface area contributed by atoms with Crippen molar-refractivity contribution in [3.8, 4) is 11.5 Å². The van der Waals surface area contributed by atoms with Crippen LogP contribution in [0.3, 0.4) is 0 Å². The van der Waals surface area contributed by atoms with E-state index in [0.29, 0.717) is 35.6 Å². The molecule has 1 amide bonds. The predicted molar refractivity (Wildman–Crippen MR) is 94.5 cm³/mol. The Hall–Kier alpha value is -3.35. The van der Waals surface area contributed by atoms with Crippen molar-refractivity contribution in [2.45, 2.75) is 6.92 Å². The molecule has 1 N–H and O–H groups in total. The van der Waals surface area contributed by atoms with E-state index < -0.39 is 18.5 Å². The second kappa shape index (κ2) is 9.83. The molecule has 2 rings (SSSR count). The molecule has 0 spiro atoms. The fraction of sp³-hybridized carbons (Fsp3) is 0.211. The third kappa shape index (κ3) is 5.94. The number of benzene rings is 2. The first kappa shape index (κ1) is 19.0. The van der Waals surface area contributed by atoms with E-state index in [4.69, 9.17) is 14.2 Å². The molecular weight excluding hydrogens is 338 g/mol. The Balaban J connectivity index is 1.76. The summed E-state index contributed by atoms with van der Waals surface area (Å²) in [5, 5.41) is 2.62. The van der Waals surface area contributed by atoms with Gasteiger partial charge in [-0.1, -0.05) is 12.1 Å². The number of ether oxygens (including phenoxy) is 3. The number of amides is 1. The van der Waals surface area contributed by atoms with Crippen LogP contribution in [0.1, 0.15) is 17.3 Å². The Morgan fingerprint density at radius 1 is 1.00 bits per heavy atom. The monoisotopic (exact) mass is 357 g/mol. The van der Waals surface area contributed by atoms with Crippen LogP contribution in [0, 0.1) is 0 Å². The molecule has 0 aliphatic rings. The van der Waals surface area contributed by atoms with Crippen molar-refractivity contribution in [3.63, 3.8) is 0 Å². The average molecular weight is 357 g/mol. The summed E-state index contributed by atoms with van der Waals surface area (Å²) < 4.78 is 15.5. The number of anilines is 1. The van der Waals surface area contributed by atoms with Gasteiger partial charge in [0.25, 0.3) is 5.91 Å². The Bertz CT molecular complexity index is 757. The molecular formula is C19H19NO6. The lowest BCUT2D eigenvalue weighted by Crippen LogP contribution is -2.23. The van der Waals surface area contributed by atoms with E-state index in [-0.39, 0.29) is 6.61 Å². The normalized spacial score (nSPS) is 9.88.